The summed E-state index contributed by atoms with van der Waals surface area (Å²) in [6.07, 6.45) is 8.37. The lowest BCUT2D eigenvalue weighted by molar-refractivity contribution is -0.0135. The highest BCUT2D eigenvalue weighted by molar-refractivity contribution is 7.80. The van der Waals surface area contributed by atoms with E-state index in [-0.39, 0.29) is 17.6 Å². The number of nitrogens with one attached hydrogen (secondary N) is 2. The van der Waals surface area contributed by atoms with Gasteiger partial charge < -0.3 is 16.4 Å². The first-order chi connectivity index (χ1) is 9.49. The Morgan fingerprint density at radius 3 is 2.15 bits per heavy atom. The van der Waals surface area contributed by atoms with Crippen LogP contribution in [-0.2, 0) is 0 Å². The number of amides is 2. The van der Waals surface area contributed by atoms with E-state index in [1.165, 1.54) is 19.3 Å². The van der Waals surface area contributed by atoms with Crippen LogP contribution in [0.15, 0.2) is 0 Å². The summed E-state index contributed by atoms with van der Waals surface area (Å²) in [4.78, 5) is 12.6. The number of carbonyl (C=O) groups is 1. The van der Waals surface area contributed by atoms with Crippen LogP contribution in [0.4, 0.5) is 4.79 Å². The molecule has 4 rings (SSSR count). The van der Waals surface area contributed by atoms with Crippen LogP contribution in [0.5, 0.6) is 0 Å². The Balaban J connectivity index is 1.62. The van der Waals surface area contributed by atoms with Gasteiger partial charge in [0, 0.05) is 5.54 Å². The number of nitrogens with two attached hydrogens (primary N) is 1. The average Bonchev–Trinajstić information content (AvgIpc) is 2.33. The molecule has 4 bridgehead atoms. The first-order valence-corrected chi connectivity index (χ1v) is 8.28. The van der Waals surface area contributed by atoms with Gasteiger partial charge in [0.25, 0.3) is 0 Å². The van der Waals surface area contributed by atoms with Gasteiger partial charge in [0.2, 0.25) is 0 Å². The molecule has 20 heavy (non-hydrogen) atoms. The molecule has 0 aromatic carbocycles. The van der Waals surface area contributed by atoms with Gasteiger partial charge in [-0.25, -0.2) is 4.79 Å². The third kappa shape index (κ3) is 2.65. The molecule has 4 aliphatic carbocycles. The standard InChI is InChI=1S/C15H25N3OS/c1-2-12(13(16)20)17-14(19)18-15-6-9-3-10(7-15)5-11(4-9)8-15/h9-12H,2-8H2,1H3,(H2,16,20)(H2,17,18,19). The van der Waals surface area contributed by atoms with Crippen molar-refractivity contribution in [3.8, 4) is 0 Å². The summed E-state index contributed by atoms with van der Waals surface area (Å²) in [5, 5.41) is 6.20. The van der Waals surface area contributed by atoms with Crippen molar-refractivity contribution in [2.24, 2.45) is 23.5 Å². The predicted octanol–water partition coefficient (Wildman–Crippen LogP) is 2.32. The van der Waals surface area contributed by atoms with E-state index < -0.39 is 0 Å². The molecule has 1 atom stereocenters. The zero-order valence-corrected chi connectivity index (χ0v) is 13.0. The normalized spacial score (nSPS) is 39.4. The molecule has 4 nitrogen and oxygen atoms in total. The summed E-state index contributed by atoms with van der Waals surface area (Å²) in [7, 11) is 0. The lowest BCUT2D eigenvalue weighted by Gasteiger charge is -2.56. The van der Waals surface area contributed by atoms with Crippen LogP contribution in [0, 0.1) is 17.8 Å². The van der Waals surface area contributed by atoms with Crippen molar-refractivity contribution in [3.05, 3.63) is 0 Å². The first kappa shape index (κ1) is 14.1. The molecule has 1 unspecified atom stereocenters. The molecule has 0 saturated heterocycles. The van der Waals surface area contributed by atoms with Crippen molar-refractivity contribution < 1.29 is 4.79 Å². The van der Waals surface area contributed by atoms with E-state index in [2.05, 4.69) is 10.6 Å². The average molecular weight is 295 g/mol. The van der Waals surface area contributed by atoms with Crippen molar-refractivity contribution in [2.45, 2.75) is 63.5 Å². The molecule has 4 fully saturated rings. The maximum atomic E-state index is 12.3. The second kappa shape index (κ2) is 5.17. The van der Waals surface area contributed by atoms with E-state index in [4.69, 9.17) is 18.0 Å². The number of carbonyl (C=O) groups excluding carboxylic acids is 1. The highest BCUT2D eigenvalue weighted by atomic mass is 32.1. The SMILES string of the molecule is CCC(NC(=O)NC12CC3CC(CC(C3)C1)C2)C(N)=S. The van der Waals surface area contributed by atoms with E-state index in [1.54, 1.807) is 0 Å². The molecular weight excluding hydrogens is 270 g/mol. The predicted molar refractivity (Wildman–Crippen MR) is 83.4 cm³/mol. The van der Waals surface area contributed by atoms with Crippen molar-refractivity contribution in [2.75, 3.05) is 0 Å². The second-order valence-electron chi connectivity index (χ2n) is 7.16. The fourth-order valence-corrected chi connectivity index (χ4v) is 5.30. The first-order valence-electron chi connectivity index (χ1n) is 7.87. The van der Waals surface area contributed by atoms with Crippen LogP contribution >= 0.6 is 12.2 Å². The highest BCUT2D eigenvalue weighted by Gasteiger charge is 2.51. The Labute approximate surface area is 126 Å². The molecule has 0 radical (unpaired) electrons. The van der Waals surface area contributed by atoms with Gasteiger partial charge in [-0.2, -0.15) is 0 Å². The lowest BCUT2D eigenvalue weighted by Crippen LogP contribution is -2.62. The largest absolute Gasteiger partial charge is 0.392 e. The van der Waals surface area contributed by atoms with Gasteiger partial charge in [-0.15, -0.1) is 0 Å². The van der Waals surface area contributed by atoms with Crippen LogP contribution < -0.4 is 16.4 Å². The van der Waals surface area contributed by atoms with Gasteiger partial charge >= 0.3 is 6.03 Å². The molecule has 112 valence electrons. The van der Waals surface area contributed by atoms with E-state index in [9.17, 15) is 4.79 Å². The van der Waals surface area contributed by atoms with Crippen molar-refractivity contribution >= 4 is 23.2 Å². The van der Waals surface area contributed by atoms with Crippen LogP contribution in [0.25, 0.3) is 0 Å². The molecule has 0 heterocycles. The maximum Gasteiger partial charge on any atom is 0.315 e. The summed E-state index contributed by atoms with van der Waals surface area (Å²) < 4.78 is 0. The van der Waals surface area contributed by atoms with Crippen molar-refractivity contribution in [1.82, 2.24) is 10.6 Å². The van der Waals surface area contributed by atoms with Crippen molar-refractivity contribution in [3.63, 3.8) is 0 Å². The summed E-state index contributed by atoms with van der Waals surface area (Å²) in [5.74, 6) is 2.50. The van der Waals surface area contributed by atoms with Crippen LogP contribution in [0.1, 0.15) is 51.9 Å². The van der Waals surface area contributed by atoms with Gasteiger partial charge in [0.05, 0.1) is 11.0 Å². The molecule has 2 amide bonds. The third-order valence-electron chi connectivity index (χ3n) is 5.47. The number of hydrogen-bond donors (Lipinski definition) is 3. The minimum absolute atomic E-state index is 0.0490. The van der Waals surface area contributed by atoms with Crippen molar-refractivity contribution in [1.29, 1.82) is 0 Å². The number of thiocarbonyl (C=S) groups is 1. The van der Waals surface area contributed by atoms with Gasteiger partial charge in [-0.1, -0.05) is 19.1 Å². The van der Waals surface area contributed by atoms with Crippen LogP contribution in [0.3, 0.4) is 0 Å². The maximum absolute atomic E-state index is 12.3. The Morgan fingerprint density at radius 1 is 1.25 bits per heavy atom. The van der Waals surface area contributed by atoms with Gasteiger partial charge in [0.1, 0.15) is 0 Å². The molecule has 0 aromatic rings. The Kier molecular flexibility index (Phi) is 3.65. The molecule has 4 aliphatic rings. The minimum Gasteiger partial charge on any atom is -0.392 e. The van der Waals surface area contributed by atoms with Crippen LogP contribution in [-0.4, -0.2) is 22.6 Å². The lowest BCUT2D eigenvalue weighted by atomic mass is 9.53. The fourth-order valence-electron chi connectivity index (χ4n) is 5.07. The summed E-state index contributed by atoms with van der Waals surface area (Å²) in [6.45, 7) is 1.98. The molecule has 5 heteroatoms. The smallest absolute Gasteiger partial charge is 0.315 e. The monoisotopic (exact) mass is 295 g/mol. The molecule has 0 spiro atoms. The van der Waals surface area contributed by atoms with Gasteiger partial charge in [-0.05, 0) is 62.7 Å². The summed E-state index contributed by atoms with van der Waals surface area (Å²) in [5.41, 5.74) is 5.69. The minimum atomic E-state index is -0.195. The Bertz CT molecular complexity index is 388. The second-order valence-corrected chi connectivity index (χ2v) is 7.63. The van der Waals surface area contributed by atoms with Gasteiger partial charge in [0.15, 0.2) is 0 Å². The highest BCUT2D eigenvalue weighted by Crippen LogP contribution is 2.55. The zero-order chi connectivity index (χ0) is 14.3. The Hall–Kier alpha value is -0.840. The van der Waals surface area contributed by atoms with E-state index in [0.29, 0.717) is 4.99 Å². The zero-order valence-electron chi connectivity index (χ0n) is 12.2. The number of rotatable bonds is 4. The summed E-state index contributed by atoms with van der Waals surface area (Å²) >= 11 is 4.99. The molecule has 0 aliphatic heterocycles. The molecular formula is C15H25N3OS. The fraction of sp³-hybridized carbons (Fsp3) is 0.867. The quantitative estimate of drug-likeness (QED) is 0.697. The third-order valence-corrected chi connectivity index (χ3v) is 5.76. The van der Waals surface area contributed by atoms with E-state index in [1.807, 2.05) is 6.92 Å². The molecule has 0 aromatic heterocycles. The van der Waals surface area contributed by atoms with E-state index >= 15 is 0 Å². The topological polar surface area (TPSA) is 67.2 Å². The van der Waals surface area contributed by atoms with Crippen LogP contribution in [0.2, 0.25) is 0 Å². The summed E-state index contributed by atoms with van der Waals surface area (Å²) in [6, 6.07) is -0.287. The van der Waals surface area contributed by atoms with Gasteiger partial charge in [-0.3, -0.25) is 0 Å². The molecule has 4 N–H and O–H groups in total. The van der Waals surface area contributed by atoms with E-state index in [0.717, 1.165) is 43.4 Å². The Morgan fingerprint density at radius 2 is 1.75 bits per heavy atom. The molecule has 4 saturated carbocycles. The number of hydrogen-bond acceptors (Lipinski definition) is 2. The number of urea groups is 1.